The van der Waals surface area contributed by atoms with Crippen LogP contribution in [0.5, 0.6) is 0 Å². The highest BCUT2D eigenvalue weighted by Crippen LogP contribution is 2.20. The average Bonchev–Trinajstić information content (AvgIpc) is 2.41. The monoisotopic (exact) mass is 446 g/mol. The number of pyridine rings is 1. The maximum Gasteiger partial charge on any atom is 0.354 e. The number of hydrogen-bond acceptors (Lipinski definition) is 3. The zero-order chi connectivity index (χ0) is 14.7. The van der Waals surface area contributed by atoms with Crippen molar-refractivity contribution in [2.24, 2.45) is 0 Å². The summed E-state index contributed by atoms with van der Waals surface area (Å²) in [4.78, 5) is 26.7. The average molecular weight is 447 g/mol. The van der Waals surface area contributed by atoms with Crippen LogP contribution in [0.1, 0.15) is 20.8 Å². The number of amides is 1. The van der Waals surface area contributed by atoms with Gasteiger partial charge in [-0.15, -0.1) is 0 Å². The number of benzene rings is 1. The second kappa shape index (κ2) is 6.31. The third-order valence-corrected chi connectivity index (χ3v) is 3.84. The summed E-state index contributed by atoms with van der Waals surface area (Å²) in [7, 11) is 0. The van der Waals surface area contributed by atoms with Crippen molar-refractivity contribution in [3.8, 4) is 0 Å². The number of carbonyl (C=O) groups excluding carboxylic acids is 1. The fourth-order valence-corrected chi connectivity index (χ4v) is 2.44. The van der Waals surface area contributed by atoms with E-state index >= 15 is 0 Å². The highest BCUT2D eigenvalue weighted by atomic mass is 127. The third-order valence-electron chi connectivity index (χ3n) is 2.41. The lowest BCUT2D eigenvalue weighted by molar-refractivity contribution is 0.0690. The van der Waals surface area contributed by atoms with Crippen molar-refractivity contribution in [2.75, 3.05) is 5.32 Å². The van der Waals surface area contributed by atoms with Crippen molar-refractivity contribution in [1.29, 1.82) is 0 Å². The van der Waals surface area contributed by atoms with E-state index in [1.807, 2.05) is 12.1 Å². The number of carboxylic acid groups (broad SMARTS) is 1. The van der Waals surface area contributed by atoms with Crippen LogP contribution < -0.4 is 5.32 Å². The van der Waals surface area contributed by atoms with Crippen molar-refractivity contribution in [1.82, 2.24) is 4.98 Å². The summed E-state index contributed by atoms with van der Waals surface area (Å²) in [6, 6.07) is 8.21. The molecule has 20 heavy (non-hydrogen) atoms. The van der Waals surface area contributed by atoms with Gasteiger partial charge >= 0.3 is 5.97 Å². The second-order valence-electron chi connectivity index (χ2n) is 3.81. The Labute approximate surface area is 136 Å². The molecule has 2 aromatic rings. The molecule has 1 heterocycles. The molecule has 7 heteroatoms. The quantitative estimate of drug-likeness (QED) is 0.708. The van der Waals surface area contributed by atoms with Crippen LogP contribution in [0.4, 0.5) is 5.69 Å². The molecular formula is C13H8BrIN2O3. The SMILES string of the molecule is O=C(O)c1cc(NC(=O)c2cc(Br)ccc2I)ccn1. The molecule has 0 bridgehead atoms. The van der Waals surface area contributed by atoms with Gasteiger partial charge in [0.1, 0.15) is 5.69 Å². The van der Waals surface area contributed by atoms with Crippen LogP contribution in [-0.2, 0) is 0 Å². The molecule has 5 nitrogen and oxygen atoms in total. The van der Waals surface area contributed by atoms with Gasteiger partial charge in [0.2, 0.25) is 0 Å². The number of carboxylic acids is 1. The number of aromatic carboxylic acids is 1. The van der Waals surface area contributed by atoms with Crippen LogP contribution >= 0.6 is 38.5 Å². The molecule has 2 rings (SSSR count). The molecule has 0 radical (unpaired) electrons. The highest BCUT2D eigenvalue weighted by Gasteiger charge is 2.12. The lowest BCUT2D eigenvalue weighted by atomic mass is 10.2. The number of rotatable bonds is 3. The Hall–Kier alpha value is -1.48. The maximum absolute atomic E-state index is 12.2. The summed E-state index contributed by atoms with van der Waals surface area (Å²) in [5.74, 6) is -1.45. The van der Waals surface area contributed by atoms with Gasteiger partial charge in [-0.05, 0) is 52.9 Å². The number of carbonyl (C=O) groups is 2. The molecule has 0 saturated carbocycles. The van der Waals surface area contributed by atoms with Gasteiger partial charge in [-0.2, -0.15) is 0 Å². The van der Waals surface area contributed by atoms with Gasteiger partial charge in [-0.25, -0.2) is 9.78 Å². The molecule has 1 amide bonds. The summed E-state index contributed by atoms with van der Waals surface area (Å²) in [5.41, 5.74) is 0.776. The normalized spacial score (nSPS) is 10.1. The van der Waals surface area contributed by atoms with Crippen LogP contribution in [0.3, 0.4) is 0 Å². The molecule has 0 aliphatic rings. The fraction of sp³-hybridized carbons (Fsp3) is 0. The molecule has 0 aliphatic carbocycles. The molecule has 2 N–H and O–H groups in total. The number of aromatic nitrogens is 1. The third kappa shape index (κ3) is 3.54. The van der Waals surface area contributed by atoms with E-state index in [9.17, 15) is 9.59 Å². The number of nitrogens with zero attached hydrogens (tertiary/aromatic N) is 1. The predicted molar refractivity (Wildman–Crippen MR) is 86.0 cm³/mol. The molecule has 0 fully saturated rings. The van der Waals surface area contributed by atoms with Crippen molar-refractivity contribution in [3.05, 3.63) is 55.8 Å². The van der Waals surface area contributed by atoms with E-state index in [-0.39, 0.29) is 11.6 Å². The van der Waals surface area contributed by atoms with Crippen molar-refractivity contribution in [2.45, 2.75) is 0 Å². The topological polar surface area (TPSA) is 79.3 Å². The number of halogens is 2. The fourth-order valence-electron chi connectivity index (χ4n) is 1.50. The van der Waals surface area contributed by atoms with E-state index in [2.05, 4.69) is 48.8 Å². The first-order chi connectivity index (χ1) is 9.47. The minimum absolute atomic E-state index is 0.119. The van der Waals surface area contributed by atoms with Gasteiger partial charge in [-0.1, -0.05) is 15.9 Å². The van der Waals surface area contributed by atoms with E-state index in [1.165, 1.54) is 18.3 Å². The Morgan fingerprint density at radius 3 is 2.70 bits per heavy atom. The van der Waals surface area contributed by atoms with Crippen LogP contribution in [0, 0.1) is 3.57 Å². The molecule has 102 valence electrons. The number of hydrogen-bond donors (Lipinski definition) is 2. The Kier molecular flexibility index (Phi) is 4.71. The summed E-state index contributed by atoms with van der Waals surface area (Å²) >= 11 is 5.37. The molecular weight excluding hydrogens is 439 g/mol. The van der Waals surface area contributed by atoms with Crippen molar-refractivity contribution < 1.29 is 14.7 Å². The van der Waals surface area contributed by atoms with Gasteiger partial charge in [0.05, 0.1) is 5.56 Å². The van der Waals surface area contributed by atoms with Gasteiger partial charge in [0.15, 0.2) is 0 Å². The van der Waals surface area contributed by atoms with Gasteiger partial charge in [0.25, 0.3) is 5.91 Å². The van der Waals surface area contributed by atoms with E-state index in [0.717, 1.165) is 8.04 Å². The van der Waals surface area contributed by atoms with E-state index in [1.54, 1.807) is 6.07 Å². The van der Waals surface area contributed by atoms with Crippen LogP contribution in [0.2, 0.25) is 0 Å². The number of anilines is 1. The summed E-state index contributed by atoms with van der Waals surface area (Å²) in [5, 5.41) is 11.5. The Balaban J connectivity index is 2.25. The number of nitrogens with one attached hydrogen (secondary N) is 1. The van der Waals surface area contributed by atoms with Crippen molar-refractivity contribution in [3.63, 3.8) is 0 Å². The van der Waals surface area contributed by atoms with Crippen molar-refractivity contribution >= 4 is 56.1 Å². The molecule has 0 aliphatic heterocycles. The van der Waals surface area contributed by atoms with Crippen LogP contribution in [-0.4, -0.2) is 22.0 Å². The first kappa shape index (κ1) is 14.9. The summed E-state index contributed by atoms with van der Waals surface area (Å²) in [6.45, 7) is 0. The lowest BCUT2D eigenvalue weighted by Crippen LogP contribution is -2.14. The molecule has 1 aromatic carbocycles. The molecule has 0 atom stereocenters. The first-order valence-corrected chi connectivity index (χ1v) is 7.30. The standard InChI is InChI=1S/C13H8BrIN2O3/c14-7-1-2-10(15)9(5-7)12(18)17-8-3-4-16-11(6-8)13(19)20/h1-6H,(H,19,20)(H,16,17,18). The van der Waals surface area contributed by atoms with Gasteiger partial charge in [0, 0.05) is 19.9 Å². The van der Waals surface area contributed by atoms with Gasteiger partial charge in [-0.3, -0.25) is 4.79 Å². The predicted octanol–water partition coefficient (Wildman–Crippen LogP) is 3.40. The zero-order valence-electron chi connectivity index (χ0n) is 9.93. The maximum atomic E-state index is 12.2. The Morgan fingerprint density at radius 2 is 2.00 bits per heavy atom. The summed E-state index contributed by atoms with van der Waals surface area (Å²) in [6.07, 6.45) is 1.34. The smallest absolute Gasteiger partial charge is 0.354 e. The first-order valence-electron chi connectivity index (χ1n) is 5.43. The zero-order valence-corrected chi connectivity index (χ0v) is 13.7. The summed E-state index contributed by atoms with van der Waals surface area (Å²) < 4.78 is 1.60. The Morgan fingerprint density at radius 1 is 1.25 bits per heavy atom. The van der Waals surface area contributed by atoms with E-state index in [4.69, 9.17) is 5.11 Å². The largest absolute Gasteiger partial charge is 0.477 e. The van der Waals surface area contributed by atoms with E-state index in [0.29, 0.717) is 11.3 Å². The van der Waals surface area contributed by atoms with Crippen LogP contribution in [0.25, 0.3) is 0 Å². The Bertz CT molecular complexity index is 691. The molecule has 0 unspecified atom stereocenters. The minimum Gasteiger partial charge on any atom is -0.477 e. The highest BCUT2D eigenvalue weighted by molar-refractivity contribution is 14.1. The second-order valence-corrected chi connectivity index (χ2v) is 5.89. The molecule has 1 aromatic heterocycles. The van der Waals surface area contributed by atoms with E-state index < -0.39 is 5.97 Å². The van der Waals surface area contributed by atoms with Crippen LogP contribution in [0.15, 0.2) is 41.0 Å². The molecule has 0 saturated heterocycles. The molecule has 0 spiro atoms. The lowest BCUT2D eigenvalue weighted by Gasteiger charge is -2.07. The minimum atomic E-state index is -1.14. The van der Waals surface area contributed by atoms with Gasteiger partial charge < -0.3 is 10.4 Å².